The number of likely N-dealkylation sites (tertiary alicyclic amines) is 1. The van der Waals surface area contributed by atoms with E-state index in [0.29, 0.717) is 6.42 Å². The zero-order chi connectivity index (χ0) is 17.5. The van der Waals surface area contributed by atoms with Crippen LogP contribution in [0, 0.1) is 0 Å². The lowest BCUT2D eigenvalue weighted by molar-refractivity contribution is -0.127. The Morgan fingerprint density at radius 3 is 2.96 bits per heavy atom. The molecule has 0 radical (unpaired) electrons. The van der Waals surface area contributed by atoms with Crippen LogP contribution in [0.25, 0.3) is 11.7 Å². The fourth-order valence-corrected chi connectivity index (χ4v) is 3.05. The average Bonchev–Trinajstić information content (AvgIpc) is 3.22. The van der Waals surface area contributed by atoms with Crippen molar-refractivity contribution < 1.29 is 4.79 Å². The van der Waals surface area contributed by atoms with Gasteiger partial charge in [0.1, 0.15) is 5.82 Å². The summed E-state index contributed by atoms with van der Waals surface area (Å²) in [6.45, 7) is 4.73. The van der Waals surface area contributed by atoms with Crippen molar-refractivity contribution in [3.63, 3.8) is 0 Å². The van der Waals surface area contributed by atoms with Gasteiger partial charge in [0.25, 0.3) is 0 Å². The fraction of sp³-hybridized carbons (Fsp3) is 0.526. The predicted molar refractivity (Wildman–Crippen MR) is 108 cm³/mol. The number of halogens is 1. The maximum Gasteiger partial charge on any atom is 0.222 e. The van der Waals surface area contributed by atoms with E-state index in [1.165, 1.54) is 12.8 Å². The third-order valence-corrected chi connectivity index (χ3v) is 4.48. The van der Waals surface area contributed by atoms with Gasteiger partial charge in [-0.25, -0.2) is 9.50 Å². The Balaban J connectivity index is 0.00000243. The molecule has 26 heavy (non-hydrogen) atoms. The van der Waals surface area contributed by atoms with Gasteiger partial charge in [-0.2, -0.15) is 0 Å². The molecule has 0 aliphatic carbocycles. The smallest absolute Gasteiger partial charge is 0.222 e. The van der Waals surface area contributed by atoms with Crippen LogP contribution in [0.4, 0.5) is 5.82 Å². The summed E-state index contributed by atoms with van der Waals surface area (Å²) in [6.07, 6.45) is 12.2. The minimum Gasteiger partial charge on any atom is -0.369 e. The predicted octanol–water partition coefficient (Wildman–Crippen LogP) is 3.78. The molecule has 1 saturated heterocycles. The van der Waals surface area contributed by atoms with Crippen LogP contribution >= 0.6 is 12.4 Å². The number of carbonyl (C=O) groups excluding carboxylic acids is 1. The van der Waals surface area contributed by atoms with E-state index in [-0.39, 0.29) is 18.3 Å². The topological polar surface area (TPSA) is 62.5 Å². The molecule has 2 aromatic rings. The number of nitrogens with one attached hydrogen (secondary N) is 1. The number of imidazole rings is 1. The van der Waals surface area contributed by atoms with Gasteiger partial charge in [-0.1, -0.05) is 25.8 Å². The SMILES string of the molecule is CCCC/C=C/c1cnc2ccc(NCCCN3CCCC3=O)nn12.Cl. The van der Waals surface area contributed by atoms with E-state index in [2.05, 4.69) is 34.5 Å². The lowest BCUT2D eigenvalue weighted by Gasteiger charge is -2.15. The molecule has 142 valence electrons. The maximum absolute atomic E-state index is 11.6. The first-order chi connectivity index (χ1) is 12.3. The van der Waals surface area contributed by atoms with Crippen molar-refractivity contribution in [2.75, 3.05) is 25.0 Å². The summed E-state index contributed by atoms with van der Waals surface area (Å²) in [7, 11) is 0. The zero-order valence-corrected chi connectivity index (χ0v) is 16.2. The quantitative estimate of drug-likeness (QED) is 0.675. The number of unbranched alkanes of at least 4 members (excludes halogenated alkanes) is 2. The first-order valence-corrected chi connectivity index (χ1v) is 9.31. The largest absolute Gasteiger partial charge is 0.369 e. The van der Waals surface area contributed by atoms with Crippen molar-refractivity contribution in [2.45, 2.75) is 45.4 Å². The normalized spacial score (nSPS) is 14.3. The van der Waals surface area contributed by atoms with Crippen molar-refractivity contribution in [2.24, 2.45) is 0 Å². The summed E-state index contributed by atoms with van der Waals surface area (Å²) in [6, 6.07) is 3.93. The molecule has 1 aliphatic rings. The molecule has 1 amide bonds. The van der Waals surface area contributed by atoms with Gasteiger partial charge < -0.3 is 10.2 Å². The van der Waals surface area contributed by atoms with Gasteiger partial charge >= 0.3 is 0 Å². The molecule has 1 N–H and O–H groups in total. The number of fused-ring (bicyclic) bond motifs is 1. The summed E-state index contributed by atoms with van der Waals surface area (Å²) in [4.78, 5) is 17.9. The molecule has 1 aliphatic heterocycles. The summed E-state index contributed by atoms with van der Waals surface area (Å²) in [5.41, 5.74) is 1.85. The van der Waals surface area contributed by atoms with Gasteiger partial charge in [-0.05, 0) is 37.5 Å². The van der Waals surface area contributed by atoms with Gasteiger partial charge in [-0.15, -0.1) is 17.5 Å². The van der Waals surface area contributed by atoms with Crippen molar-refractivity contribution in [1.82, 2.24) is 19.5 Å². The van der Waals surface area contributed by atoms with Crippen molar-refractivity contribution in [3.05, 3.63) is 30.1 Å². The first-order valence-electron chi connectivity index (χ1n) is 9.31. The Morgan fingerprint density at radius 1 is 1.31 bits per heavy atom. The lowest BCUT2D eigenvalue weighted by atomic mass is 10.2. The molecule has 0 unspecified atom stereocenters. The number of hydrogen-bond acceptors (Lipinski definition) is 4. The summed E-state index contributed by atoms with van der Waals surface area (Å²) < 4.78 is 1.87. The van der Waals surface area contributed by atoms with Crippen LogP contribution in [0.3, 0.4) is 0 Å². The molecule has 0 atom stereocenters. The standard InChI is InChI=1S/C19H27N5O.ClH/c1-2-3-4-5-8-16-15-21-18-11-10-17(22-24(16)18)20-12-7-14-23-13-6-9-19(23)25;/h5,8,10-11,15H,2-4,6-7,9,12-14H2,1H3,(H,20,22);1H/b8-5+;. The van der Waals surface area contributed by atoms with Crippen LogP contribution in [0.2, 0.25) is 0 Å². The van der Waals surface area contributed by atoms with Crippen LogP contribution in [-0.4, -0.2) is 45.0 Å². The van der Waals surface area contributed by atoms with E-state index in [9.17, 15) is 4.79 Å². The Kier molecular flexibility index (Phi) is 7.91. The van der Waals surface area contributed by atoms with E-state index in [4.69, 9.17) is 0 Å². The van der Waals surface area contributed by atoms with Gasteiger partial charge in [0, 0.05) is 26.1 Å². The van der Waals surface area contributed by atoms with Crippen LogP contribution in [0.5, 0.6) is 0 Å². The Morgan fingerprint density at radius 2 is 2.19 bits per heavy atom. The molecule has 0 bridgehead atoms. The molecule has 2 aromatic heterocycles. The Labute approximate surface area is 161 Å². The first kappa shape index (κ1) is 20.2. The second-order valence-corrected chi connectivity index (χ2v) is 6.48. The number of hydrogen-bond donors (Lipinski definition) is 1. The highest BCUT2D eigenvalue weighted by Gasteiger charge is 2.18. The molecule has 1 fully saturated rings. The molecule has 7 heteroatoms. The average molecular weight is 378 g/mol. The molecular formula is C19H28ClN5O. The number of carbonyl (C=O) groups is 1. The number of aromatic nitrogens is 3. The monoisotopic (exact) mass is 377 g/mol. The highest BCUT2D eigenvalue weighted by atomic mass is 35.5. The summed E-state index contributed by atoms with van der Waals surface area (Å²) in [5.74, 6) is 1.12. The number of amides is 1. The number of nitrogens with zero attached hydrogens (tertiary/aromatic N) is 4. The zero-order valence-electron chi connectivity index (χ0n) is 15.4. The minimum atomic E-state index is 0. The minimum absolute atomic E-state index is 0. The lowest BCUT2D eigenvalue weighted by Crippen LogP contribution is -2.27. The number of allylic oxidation sites excluding steroid dienone is 1. The van der Waals surface area contributed by atoms with E-state index in [0.717, 1.165) is 56.1 Å². The highest BCUT2D eigenvalue weighted by Crippen LogP contribution is 2.12. The number of rotatable bonds is 9. The number of anilines is 1. The molecule has 6 nitrogen and oxygen atoms in total. The van der Waals surface area contributed by atoms with Gasteiger partial charge in [-0.3, -0.25) is 4.79 Å². The van der Waals surface area contributed by atoms with Crippen molar-refractivity contribution in [1.29, 1.82) is 0 Å². The molecule has 0 aromatic carbocycles. The summed E-state index contributed by atoms with van der Waals surface area (Å²) in [5, 5.41) is 7.98. The third-order valence-electron chi connectivity index (χ3n) is 4.48. The van der Waals surface area contributed by atoms with Gasteiger partial charge in [0.05, 0.1) is 11.9 Å². The Hall–Kier alpha value is -2.08. The highest BCUT2D eigenvalue weighted by molar-refractivity contribution is 5.85. The van der Waals surface area contributed by atoms with Crippen molar-refractivity contribution >= 4 is 35.9 Å². The maximum atomic E-state index is 11.6. The van der Waals surface area contributed by atoms with Crippen LogP contribution in [0.15, 0.2) is 24.4 Å². The fourth-order valence-electron chi connectivity index (χ4n) is 3.05. The van der Waals surface area contributed by atoms with Crippen LogP contribution < -0.4 is 5.32 Å². The van der Waals surface area contributed by atoms with E-state index >= 15 is 0 Å². The molecular weight excluding hydrogens is 350 g/mol. The van der Waals surface area contributed by atoms with E-state index < -0.39 is 0 Å². The second-order valence-electron chi connectivity index (χ2n) is 6.48. The summed E-state index contributed by atoms with van der Waals surface area (Å²) >= 11 is 0. The van der Waals surface area contributed by atoms with E-state index in [1.807, 2.05) is 27.7 Å². The van der Waals surface area contributed by atoms with Crippen LogP contribution in [0.1, 0.15) is 51.1 Å². The molecule has 3 rings (SSSR count). The third kappa shape index (κ3) is 5.21. The molecule has 0 saturated carbocycles. The Bertz CT molecular complexity index is 743. The molecule has 0 spiro atoms. The van der Waals surface area contributed by atoms with Gasteiger partial charge in [0.2, 0.25) is 5.91 Å². The second kappa shape index (κ2) is 10.2. The van der Waals surface area contributed by atoms with Crippen molar-refractivity contribution in [3.8, 4) is 0 Å². The molecule has 3 heterocycles. The van der Waals surface area contributed by atoms with Crippen LogP contribution in [-0.2, 0) is 4.79 Å². The van der Waals surface area contributed by atoms with Gasteiger partial charge in [0.15, 0.2) is 5.65 Å². The van der Waals surface area contributed by atoms with E-state index in [1.54, 1.807) is 0 Å².